The molecule has 1 atom stereocenters. The third kappa shape index (κ3) is 4.18. The Kier molecular flexibility index (Phi) is 5.75. The molecule has 1 aliphatic rings. The van der Waals surface area contributed by atoms with Gasteiger partial charge >= 0.3 is 6.18 Å². The van der Waals surface area contributed by atoms with Crippen LogP contribution in [-0.2, 0) is 6.18 Å². The van der Waals surface area contributed by atoms with Crippen LogP contribution in [0, 0.1) is 0 Å². The summed E-state index contributed by atoms with van der Waals surface area (Å²) in [6.07, 6.45) is -1.83. The summed E-state index contributed by atoms with van der Waals surface area (Å²) in [5, 5.41) is 11.7. The predicted molar refractivity (Wildman–Crippen MR) is 110 cm³/mol. The first-order chi connectivity index (χ1) is 14.4. The number of ether oxygens (including phenoxy) is 1. The highest BCUT2D eigenvalue weighted by molar-refractivity contribution is 5.85. The number of likely N-dealkylation sites (tertiary alicyclic amines) is 1. The van der Waals surface area contributed by atoms with E-state index >= 15 is 0 Å². The van der Waals surface area contributed by atoms with Crippen LogP contribution in [-0.4, -0.2) is 41.7 Å². The van der Waals surface area contributed by atoms with Gasteiger partial charge < -0.3 is 19.7 Å². The van der Waals surface area contributed by atoms with Crippen LogP contribution in [0.1, 0.15) is 41.6 Å². The van der Waals surface area contributed by atoms with Gasteiger partial charge in [-0.15, -0.1) is 0 Å². The van der Waals surface area contributed by atoms with Gasteiger partial charge in [-0.3, -0.25) is 0 Å². The van der Waals surface area contributed by atoms with E-state index in [9.17, 15) is 18.3 Å². The highest BCUT2D eigenvalue weighted by atomic mass is 19.4. The zero-order valence-electron chi connectivity index (χ0n) is 16.7. The number of alkyl halides is 3. The summed E-state index contributed by atoms with van der Waals surface area (Å²) in [6, 6.07) is 11.2. The van der Waals surface area contributed by atoms with Crippen LogP contribution < -0.4 is 4.74 Å². The molecule has 1 aliphatic heterocycles. The summed E-state index contributed by atoms with van der Waals surface area (Å²) in [4.78, 5) is 5.35. The largest absolute Gasteiger partial charge is 0.497 e. The van der Waals surface area contributed by atoms with Crippen molar-refractivity contribution in [2.45, 2.75) is 31.0 Å². The summed E-state index contributed by atoms with van der Waals surface area (Å²) < 4.78 is 45.1. The van der Waals surface area contributed by atoms with Gasteiger partial charge in [-0.25, -0.2) is 0 Å². The number of β-amino-alcohol motifs (C(OH)–C–C–N with tert-alkyl or cyclic N) is 1. The van der Waals surface area contributed by atoms with Gasteiger partial charge in [0.2, 0.25) is 0 Å². The average Bonchev–Trinajstić information content (AvgIpc) is 3.16. The first kappa shape index (κ1) is 20.8. The second-order valence-corrected chi connectivity index (χ2v) is 7.83. The van der Waals surface area contributed by atoms with Crippen LogP contribution >= 0.6 is 0 Å². The number of piperidine rings is 1. The zero-order chi connectivity index (χ0) is 21.3. The molecule has 4 nitrogen and oxygen atoms in total. The molecule has 0 aliphatic carbocycles. The maximum atomic E-state index is 13.2. The lowest BCUT2D eigenvalue weighted by molar-refractivity contribution is -0.139. The van der Waals surface area contributed by atoms with E-state index in [2.05, 4.69) is 4.98 Å². The molecule has 1 unspecified atom stereocenters. The molecule has 1 aromatic heterocycles. The van der Waals surface area contributed by atoms with Crippen LogP contribution in [0.3, 0.4) is 0 Å². The number of fused-ring (bicyclic) bond motifs is 1. The van der Waals surface area contributed by atoms with Gasteiger partial charge in [0.15, 0.2) is 0 Å². The molecule has 1 saturated heterocycles. The van der Waals surface area contributed by atoms with Crippen molar-refractivity contribution in [1.29, 1.82) is 0 Å². The number of halogens is 3. The van der Waals surface area contributed by atoms with Crippen molar-refractivity contribution in [2.24, 2.45) is 0 Å². The number of nitrogens with zero attached hydrogens (tertiary/aromatic N) is 1. The number of hydrogen-bond acceptors (Lipinski definition) is 3. The second kappa shape index (κ2) is 8.32. The van der Waals surface area contributed by atoms with Gasteiger partial charge in [0, 0.05) is 23.6 Å². The third-order valence-corrected chi connectivity index (χ3v) is 6.00. The Labute approximate surface area is 173 Å². The fourth-order valence-electron chi connectivity index (χ4n) is 4.40. The smallest absolute Gasteiger partial charge is 0.416 e. The number of aliphatic hydroxyl groups excluding tert-OH is 1. The number of aliphatic hydroxyl groups is 1. The van der Waals surface area contributed by atoms with E-state index < -0.39 is 17.8 Å². The van der Waals surface area contributed by atoms with Crippen LogP contribution in [0.5, 0.6) is 5.75 Å². The maximum absolute atomic E-state index is 13.2. The van der Waals surface area contributed by atoms with Crippen LogP contribution in [0.4, 0.5) is 13.2 Å². The molecule has 4 rings (SSSR count). The standard InChI is InChI=1S/C23H25F3N2O2/c1-30-16-6-7-21-18(12-16)19(13-27-21)15-8-10-28(11-9-15)14-22(29)17-4-2-3-5-20(17)23(24,25)26/h2-7,12-13,15,22,27,29H,8-11,14H2,1H3. The minimum absolute atomic E-state index is 0.0594. The Morgan fingerprint density at radius 2 is 1.90 bits per heavy atom. The molecular formula is C23H25F3N2O2. The van der Waals surface area contributed by atoms with Gasteiger partial charge in [0.25, 0.3) is 0 Å². The maximum Gasteiger partial charge on any atom is 0.416 e. The lowest BCUT2D eigenvalue weighted by Crippen LogP contribution is -2.36. The molecule has 0 radical (unpaired) electrons. The number of aromatic amines is 1. The minimum atomic E-state index is -4.47. The molecule has 160 valence electrons. The zero-order valence-corrected chi connectivity index (χ0v) is 16.7. The normalized spacial score (nSPS) is 17.4. The number of aromatic nitrogens is 1. The molecule has 1 fully saturated rings. The molecule has 2 N–H and O–H groups in total. The van der Waals surface area contributed by atoms with Crippen molar-refractivity contribution < 1.29 is 23.0 Å². The molecule has 2 aromatic carbocycles. The molecule has 2 heterocycles. The lowest BCUT2D eigenvalue weighted by atomic mass is 9.89. The Bertz CT molecular complexity index is 1010. The molecule has 0 spiro atoms. The van der Waals surface area contributed by atoms with E-state index in [1.54, 1.807) is 7.11 Å². The van der Waals surface area contributed by atoms with Crippen molar-refractivity contribution in [2.75, 3.05) is 26.7 Å². The highest BCUT2D eigenvalue weighted by Crippen LogP contribution is 2.37. The Balaban J connectivity index is 1.42. The molecule has 0 bridgehead atoms. The molecule has 30 heavy (non-hydrogen) atoms. The van der Waals surface area contributed by atoms with Crippen molar-refractivity contribution in [3.05, 3.63) is 65.4 Å². The summed E-state index contributed by atoms with van der Waals surface area (Å²) in [6.45, 7) is 1.65. The first-order valence-corrected chi connectivity index (χ1v) is 10.1. The van der Waals surface area contributed by atoms with Crippen molar-refractivity contribution in [3.8, 4) is 5.75 Å². The first-order valence-electron chi connectivity index (χ1n) is 10.1. The number of nitrogens with one attached hydrogen (secondary N) is 1. The monoisotopic (exact) mass is 418 g/mol. The fraction of sp³-hybridized carbons (Fsp3) is 0.391. The van der Waals surface area contributed by atoms with E-state index in [0.29, 0.717) is 5.92 Å². The van der Waals surface area contributed by atoms with Crippen molar-refractivity contribution >= 4 is 10.9 Å². The molecule has 3 aromatic rings. The molecule has 0 amide bonds. The van der Waals surface area contributed by atoms with Crippen molar-refractivity contribution in [1.82, 2.24) is 9.88 Å². The van der Waals surface area contributed by atoms with Crippen LogP contribution in [0.25, 0.3) is 10.9 Å². The van der Waals surface area contributed by atoms with Gasteiger partial charge in [0.05, 0.1) is 18.8 Å². The van der Waals surface area contributed by atoms with E-state index in [1.165, 1.54) is 23.8 Å². The topological polar surface area (TPSA) is 48.5 Å². The Hall–Kier alpha value is -2.51. The van der Waals surface area contributed by atoms with Gasteiger partial charge in [-0.05, 0) is 67.2 Å². The van der Waals surface area contributed by atoms with E-state index in [-0.39, 0.29) is 12.1 Å². The lowest BCUT2D eigenvalue weighted by Gasteiger charge is -2.33. The highest BCUT2D eigenvalue weighted by Gasteiger charge is 2.35. The quantitative estimate of drug-likeness (QED) is 0.606. The number of benzene rings is 2. The summed E-state index contributed by atoms with van der Waals surface area (Å²) in [5.41, 5.74) is 1.48. The Morgan fingerprint density at radius 1 is 1.17 bits per heavy atom. The van der Waals surface area contributed by atoms with Crippen LogP contribution in [0.15, 0.2) is 48.7 Å². The third-order valence-electron chi connectivity index (χ3n) is 6.00. The number of H-pyrrole nitrogens is 1. The summed E-state index contributed by atoms with van der Waals surface area (Å²) in [7, 11) is 1.65. The summed E-state index contributed by atoms with van der Waals surface area (Å²) in [5.74, 6) is 1.17. The Morgan fingerprint density at radius 3 is 2.60 bits per heavy atom. The van der Waals surface area contributed by atoms with E-state index in [4.69, 9.17) is 4.74 Å². The second-order valence-electron chi connectivity index (χ2n) is 7.83. The average molecular weight is 418 g/mol. The van der Waals surface area contributed by atoms with Crippen molar-refractivity contribution in [3.63, 3.8) is 0 Å². The van der Waals surface area contributed by atoms with Crippen LogP contribution in [0.2, 0.25) is 0 Å². The summed E-state index contributed by atoms with van der Waals surface area (Å²) >= 11 is 0. The predicted octanol–water partition coefficient (Wildman–Crippen LogP) is 5.11. The molecular weight excluding hydrogens is 393 g/mol. The van der Waals surface area contributed by atoms with Gasteiger partial charge in [-0.2, -0.15) is 13.2 Å². The minimum Gasteiger partial charge on any atom is -0.497 e. The number of hydrogen-bond donors (Lipinski definition) is 2. The van der Waals surface area contributed by atoms with E-state index in [1.807, 2.05) is 29.3 Å². The fourth-order valence-corrected chi connectivity index (χ4v) is 4.40. The molecule has 7 heteroatoms. The molecule has 0 saturated carbocycles. The number of rotatable bonds is 5. The number of methoxy groups -OCH3 is 1. The SMILES string of the molecule is COc1ccc2[nH]cc(C3CCN(CC(O)c4ccccc4C(F)(F)F)CC3)c2c1. The van der Waals surface area contributed by atoms with Gasteiger partial charge in [0.1, 0.15) is 5.75 Å². The van der Waals surface area contributed by atoms with E-state index in [0.717, 1.165) is 48.6 Å². The van der Waals surface area contributed by atoms with Gasteiger partial charge in [-0.1, -0.05) is 18.2 Å².